The van der Waals surface area contributed by atoms with Crippen LogP contribution in [0.2, 0.25) is 0 Å². The SMILES string of the molecule is COCCNCC1CCCN(c2ncnc(OC)c2C)C1. The molecule has 0 bridgehead atoms. The van der Waals surface area contributed by atoms with Gasteiger partial charge in [-0.05, 0) is 32.2 Å². The topological polar surface area (TPSA) is 59.5 Å². The summed E-state index contributed by atoms with van der Waals surface area (Å²) in [6.45, 7) is 6.80. The number of methoxy groups -OCH3 is 2. The number of rotatable bonds is 7. The molecule has 1 unspecified atom stereocenters. The van der Waals surface area contributed by atoms with E-state index in [2.05, 4.69) is 20.2 Å². The molecule has 2 heterocycles. The van der Waals surface area contributed by atoms with Gasteiger partial charge >= 0.3 is 0 Å². The second kappa shape index (κ2) is 8.14. The molecule has 6 nitrogen and oxygen atoms in total. The lowest BCUT2D eigenvalue weighted by molar-refractivity contribution is 0.197. The smallest absolute Gasteiger partial charge is 0.221 e. The number of ether oxygens (including phenoxy) is 2. The Kier molecular flexibility index (Phi) is 6.20. The summed E-state index contributed by atoms with van der Waals surface area (Å²) in [6.07, 6.45) is 4.04. The van der Waals surface area contributed by atoms with Gasteiger partial charge in [-0.1, -0.05) is 0 Å². The van der Waals surface area contributed by atoms with E-state index in [1.807, 2.05) is 6.92 Å². The molecule has 1 aromatic heterocycles. The van der Waals surface area contributed by atoms with Crippen molar-refractivity contribution in [3.05, 3.63) is 11.9 Å². The van der Waals surface area contributed by atoms with Crippen LogP contribution in [0, 0.1) is 12.8 Å². The first-order valence-electron chi connectivity index (χ1n) is 7.56. The van der Waals surface area contributed by atoms with Gasteiger partial charge in [0.05, 0.1) is 19.3 Å². The number of piperidine rings is 1. The predicted molar refractivity (Wildman–Crippen MR) is 83.0 cm³/mol. The Morgan fingerprint density at radius 3 is 3.00 bits per heavy atom. The van der Waals surface area contributed by atoms with Crippen molar-refractivity contribution in [2.24, 2.45) is 5.92 Å². The van der Waals surface area contributed by atoms with Gasteiger partial charge < -0.3 is 19.7 Å². The summed E-state index contributed by atoms with van der Waals surface area (Å²) in [5.74, 6) is 2.32. The Balaban J connectivity index is 1.94. The van der Waals surface area contributed by atoms with E-state index in [1.54, 1.807) is 20.5 Å². The molecule has 1 atom stereocenters. The molecule has 0 saturated carbocycles. The van der Waals surface area contributed by atoms with Crippen LogP contribution in [0.15, 0.2) is 6.33 Å². The van der Waals surface area contributed by atoms with E-state index < -0.39 is 0 Å². The van der Waals surface area contributed by atoms with Gasteiger partial charge in [0.2, 0.25) is 5.88 Å². The standard InChI is InChI=1S/C15H26N4O2/c1-12-14(17-11-18-15(12)21-3)19-7-4-5-13(10-19)9-16-6-8-20-2/h11,13,16H,4-10H2,1-3H3. The third-order valence-corrected chi connectivity index (χ3v) is 3.94. The van der Waals surface area contributed by atoms with Crippen LogP contribution in [-0.4, -0.2) is 57.0 Å². The third-order valence-electron chi connectivity index (χ3n) is 3.94. The number of hydrogen-bond acceptors (Lipinski definition) is 6. The molecule has 2 rings (SSSR count). The second-order valence-corrected chi connectivity index (χ2v) is 5.48. The zero-order valence-corrected chi connectivity index (χ0v) is 13.3. The minimum absolute atomic E-state index is 0.649. The molecular formula is C15H26N4O2. The monoisotopic (exact) mass is 294 g/mol. The molecule has 21 heavy (non-hydrogen) atoms. The second-order valence-electron chi connectivity index (χ2n) is 5.48. The van der Waals surface area contributed by atoms with E-state index in [9.17, 15) is 0 Å². The van der Waals surface area contributed by atoms with Gasteiger partial charge in [0.1, 0.15) is 12.1 Å². The maximum atomic E-state index is 5.29. The minimum Gasteiger partial charge on any atom is -0.481 e. The molecule has 0 radical (unpaired) electrons. The molecule has 0 aliphatic carbocycles. The maximum absolute atomic E-state index is 5.29. The first-order chi connectivity index (χ1) is 10.3. The van der Waals surface area contributed by atoms with E-state index in [4.69, 9.17) is 9.47 Å². The Hall–Kier alpha value is -1.40. The Morgan fingerprint density at radius 1 is 1.38 bits per heavy atom. The van der Waals surface area contributed by atoms with Crippen molar-refractivity contribution in [2.45, 2.75) is 19.8 Å². The van der Waals surface area contributed by atoms with E-state index >= 15 is 0 Å². The summed E-state index contributed by atoms with van der Waals surface area (Å²) in [5.41, 5.74) is 1.02. The Labute approximate surface area is 126 Å². The molecule has 6 heteroatoms. The maximum Gasteiger partial charge on any atom is 0.221 e. The fraction of sp³-hybridized carbons (Fsp3) is 0.733. The van der Waals surface area contributed by atoms with Gasteiger partial charge in [0, 0.05) is 26.7 Å². The van der Waals surface area contributed by atoms with Crippen LogP contribution >= 0.6 is 0 Å². The molecule has 1 aromatic rings. The van der Waals surface area contributed by atoms with Crippen molar-refractivity contribution in [3.63, 3.8) is 0 Å². The van der Waals surface area contributed by atoms with Gasteiger partial charge in [-0.25, -0.2) is 9.97 Å². The number of nitrogens with zero attached hydrogens (tertiary/aromatic N) is 3. The highest BCUT2D eigenvalue weighted by Gasteiger charge is 2.23. The van der Waals surface area contributed by atoms with Gasteiger partial charge in [0.25, 0.3) is 0 Å². The normalized spacial score (nSPS) is 18.8. The summed E-state index contributed by atoms with van der Waals surface area (Å²) in [6, 6.07) is 0. The molecule has 0 spiro atoms. The molecule has 0 aromatic carbocycles. The molecule has 1 aliphatic heterocycles. The van der Waals surface area contributed by atoms with Crippen LogP contribution in [0.1, 0.15) is 18.4 Å². The van der Waals surface area contributed by atoms with Crippen molar-refractivity contribution in [2.75, 3.05) is 51.9 Å². The third kappa shape index (κ3) is 4.28. The van der Waals surface area contributed by atoms with Gasteiger partial charge in [-0.2, -0.15) is 0 Å². The fourth-order valence-electron chi connectivity index (χ4n) is 2.85. The predicted octanol–water partition coefficient (Wildman–Crippen LogP) is 1.25. The van der Waals surface area contributed by atoms with Crippen molar-refractivity contribution in [3.8, 4) is 5.88 Å². The van der Waals surface area contributed by atoms with Crippen LogP contribution < -0.4 is 15.0 Å². The van der Waals surface area contributed by atoms with E-state index in [0.29, 0.717) is 11.8 Å². The zero-order chi connectivity index (χ0) is 15.1. The van der Waals surface area contributed by atoms with Crippen LogP contribution in [-0.2, 0) is 4.74 Å². The Bertz CT molecular complexity index is 442. The first-order valence-corrected chi connectivity index (χ1v) is 7.56. The van der Waals surface area contributed by atoms with Gasteiger partial charge in [-0.15, -0.1) is 0 Å². The highest BCUT2D eigenvalue weighted by molar-refractivity contribution is 5.50. The van der Waals surface area contributed by atoms with Crippen molar-refractivity contribution >= 4 is 5.82 Å². The lowest BCUT2D eigenvalue weighted by atomic mass is 9.97. The molecule has 1 aliphatic rings. The number of anilines is 1. The molecular weight excluding hydrogens is 268 g/mol. The Morgan fingerprint density at radius 2 is 2.24 bits per heavy atom. The van der Waals surface area contributed by atoms with E-state index in [-0.39, 0.29) is 0 Å². The van der Waals surface area contributed by atoms with Crippen molar-refractivity contribution in [1.82, 2.24) is 15.3 Å². The molecule has 0 amide bonds. The average Bonchev–Trinajstić information content (AvgIpc) is 2.52. The van der Waals surface area contributed by atoms with Crippen molar-refractivity contribution < 1.29 is 9.47 Å². The molecule has 1 saturated heterocycles. The highest BCUT2D eigenvalue weighted by atomic mass is 16.5. The number of hydrogen-bond donors (Lipinski definition) is 1. The minimum atomic E-state index is 0.649. The van der Waals surface area contributed by atoms with Crippen LogP contribution in [0.5, 0.6) is 5.88 Å². The zero-order valence-electron chi connectivity index (χ0n) is 13.3. The lowest BCUT2D eigenvalue weighted by Gasteiger charge is -2.34. The molecule has 1 fully saturated rings. The highest BCUT2D eigenvalue weighted by Crippen LogP contribution is 2.27. The van der Waals surface area contributed by atoms with Gasteiger partial charge in [-0.3, -0.25) is 0 Å². The average molecular weight is 294 g/mol. The van der Waals surface area contributed by atoms with Crippen LogP contribution in [0.25, 0.3) is 0 Å². The van der Waals surface area contributed by atoms with Crippen LogP contribution in [0.3, 0.4) is 0 Å². The van der Waals surface area contributed by atoms with E-state index in [0.717, 1.165) is 44.2 Å². The first kappa shape index (κ1) is 16.0. The lowest BCUT2D eigenvalue weighted by Crippen LogP contribution is -2.41. The number of aromatic nitrogens is 2. The number of nitrogens with one attached hydrogen (secondary N) is 1. The molecule has 118 valence electrons. The summed E-state index contributed by atoms with van der Waals surface area (Å²) < 4.78 is 10.4. The van der Waals surface area contributed by atoms with E-state index in [1.165, 1.54) is 12.8 Å². The quantitative estimate of drug-likeness (QED) is 0.764. The van der Waals surface area contributed by atoms with Crippen molar-refractivity contribution in [1.29, 1.82) is 0 Å². The van der Waals surface area contributed by atoms with Crippen LogP contribution in [0.4, 0.5) is 5.82 Å². The fourth-order valence-corrected chi connectivity index (χ4v) is 2.85. The summed E-state index contributed by atoms with van der Waals surface area (Å²) in [7, 11) is 3.38. The molecule has 1 N–H and O–H groups in total. The van der Waals surface area contributed by atoms with Gasteiger partial charge in [0.15, 0.2) is 0 Å². The summed E-state index contributed by atoms with van der Waals surface area (Å²) >= 11 is 0. The largest absolute Gasteiger partial charge is 0.481 e. The summed E-state index contributed by atoms with van der Waals surface area (Å²) in [4.78, 5) is 11.0. The summed E-state index contributed by atoms with van der Waals surface area (Å²) in [5, 5.41) is 3.46.